The second kappa shape index (κ2) is 5.83. The van der Waals surface area contributed by atoms with Gasteiger partial charge in [0.05, 0.1) is 7.11 Å². The molecule has 0 amide bonds. The van der Waals surface area contributed by atoms with Gasteiger partial charge in [-0.3, -0.25) is 4.90 Å². The number of methoxy groups -OCH3 is 1. The van der Waals surface area contributed by atoms with E-state index in [1.807, 2.05) is 12.1 Å². The van der Waals surface area contributed by atoms with Gasteiger partial charge in [-0.1, -0.05) is 19.9 Å². The lowest BCUT2D eigenvalue weighted by Crippen LogP contribution is -2.45. The number of ether oxygens (including phenoxy) is 1. The molecule has 1 saturated heterocycles. The molecule has 1 aromatic carbocycles. The Balaban J connectivity index is 2.15. The molecule has 3 nitrogen and oxygen atoms in total. The van der Waals surface area contributed by atoms with Gasteiger partial charge >= 0.3 is 0 Å². The summed E-state index contributed by atoms with van der Waals surface area (Å²) in [5.41, 5.74) is 7.80. The number of likely N-dealkylation sites (tertiary alicyclic amines) is 1. The second-order valence-electron chi connectivity index (χ2n) is 6.06. The molecule has 2 N–H and O–H groups in total. The summed E-state index contributed by atoms with van der Waals surface area (Å²) >= 11 is 0. The van der Waals surface area contributed by atoms with Crippen LogP contribution in [0.3, 0.4) is 0 Å². The fourth-order valence-corrected chi connectivity index (χ4v) is 3.15. The van der Waals surface area contributed by atoms with Crippen LogP contribution in [-0.2, 0) is 6.54 Å². The largest absolute Gasteiger partial charge is 0.496 e. The lowest BCUT2D eigenvalue weighted by molar-refractivity contribution is 0.0722. The molecule has 1 fully saturated rings. The number of nitrogens with two attached hydrogens (primary N) is 1. The first kappa shape index (κ1) is 14.2. The van der Waals surface area contributed by atoms with Crippen molar-refractivity contribution in [2.24, 2.45) is 11.8 Å². The SMILES string of the molecule is COc1cc(N)ccc1CN1CC(C)CC(C)C1C. The molecule has 0 aliphatic carbocycles. The van der Waals surface area contributed by atoms with Gasteiger partial charge in [-0.15, -0.1) is 0 Å². The Morgan fingerprint density at radius 2 is 2.05 bits per heavy atom. The van der Waals surface area contributed by atoms with Crippen LogP contribution in [0.4, 0.5) is 5.69 Å². The Morgan fingerprint density at radius 1 is 1.32 bits per heavy atom. The van der Waals surface area contributed by atoms with Gasteiger partial charge in [0.25, 0.3) is 0 Å². The third-order valence-corrected chi connectivity index (χ3v) is 4.40. The summed E-state index contributed by atoms with van der Waals surface area (Å²) in [5.74, 6) is 2.42. The Kier molecular flexibility index (Phi) is 4.35. The molecule has 3 atom stereocenters. The van der Waals surface area contributed by atoms with Crippen LogP contribution in [-0.4, -0.2) is 24.6 Å². The highest BCUT2D eigenvalue weighted by Gasteiger charge is 2.29. The smallest absolute Gasteiger partial charge is 0.125 e. The second-order valence-corrected chi connectivity index (χ2v) is 6.06. The van der Waals surface area contributed by atoms with E-state index < -0.39 is 0 Å². The van der Waals surface area contributed by atoms with Crippen LogP contribution in [0, 0.1) is 11.8 Å². The minimum absolute atomic E-state index is 0.624. The fraction of sp³-hybridized carbons (Fsp3) is 0.625. The maximum atomic E-state index is 5.81. The van der Waals surface area contributed by atoms with Crippen LogP contribution < -0.4 is 10.5 Å². The zero-order valence-electron chi connectivity index (χ0n) is 12.5. The summed E-state index contributed by atoms with van der Waals surface area (Å²) in [5, 5.41) is 0. The van der Waals surface area contributed by atoms with Crippen molar-refractivity contribution in [1.82, 2.24) is 4.90 Å². The number of benzene rings is 1. The van der Waals surface area contributed by atoms with Crippen LogP contribution in [0.5, 0.6) is 5.75 Å². The third kappa shape index (κ3) is 3.21. The zero-order chi connectivity index (χ0) is 14.0. The summed E-state index contributed by atoms with van der Waals surface area (Å²) in [6.45, 7) is 9.14. The highest BCUT2D eigenvalue weighted by Crippen LogP contribution is 2.30. The normalized spacial score (nSPS) is 28.3. The number of nitrogens with zero attached hydrogens (tertiary/aromatic N) is 1. The van der Waals surface area contributed by atoms with Crippen molar-refractivity contribution < 1.29 is 4.74 Å². The van der Waals surface area contributed by atoms with Gasteiger partial charge in [-0.25, -0.2) is 0 Å². The minimum Gasteiger partial charge on any atom is -0.496 e. The molecule has 0 aromatic heterocycles. The number of rotatable bonds is 3. The summed E-state index contributed by atoms with van der Waals surface area (Å²) in [4.78, 5) is 2.56. The summed E-state index contributed by atoms with van der Waals surface area (Å²) < 4.78 is 5.45. The van der Waals surface area contributed by atoms with Crippen molar-refractivity contribution in [3.8, 4) is 5.75 Å². The quantitative estimate of drug-likeness (QED) is 0.850. The van der Waals surface area contributed by atoms with Crippen LogP contribution in [0.1, 0.15) is 32.8 Å². The van der Waals surface area contributed by atoms with Gasteiger partial charge in [0.1, 0.15) is 5.75 Å². The average molecular weight is 262 g/mol. The van der Waals surface area contributed by atoms with Crippen LogP contribution in [0.2, 0.25) is 0 Å². The topological polar surface area (TPSA) is 38.5 Å². The molecule has 1 aliphatic rings. The molecule has 19 heavy (non-hydrogen) atoms. The van der Waals surface area contributed by atoms with Crippen molar-refractivity contribution in [3.05, 3.63) is 23.8 Å². The van der Waals surface area contributed by atoms with Gasteiger partial charge in [0.2, 0.25) is 0 Å². The highest BCUT2D eigenvalue weighted by atomic mass is 16.5. The van der Waals surface area contributed by atoms with Crippen LogP contribution in [0.15, 0.2) is 18.2 Å². The van der Waals surface area contributed by atoms with Gasteiger partial charge in [0, 0.05) is 36.4 Å². The van der Waals surface area contributed by atoms with Crippen LogP contribution in [0.25, 0.3) is 0 Å². The molecule has 0 radical (unpaired) electrons. The van der Waals surface area contributed by atoms with Crippen molar-refractivity contribution >= 4 is 5.69 Å². The van der Waals surface area contributed by atoms with Gasteiger partial charge in [-0.05, 0) is 31.2 Å². The van der Waals surface area contributed by atoms with E-state index in [1.165, 1.54) is 18.5 Å². The molecule has 3 heteroatoms. The number of hydrogen-bond donors (Lipinski definition) is 1. The summed E-state index contributed by atoms with van der Waals surface area (Å²) in [7, 11) is 1.71. The van der Waals surface area contributed by atoms with Crippen molar-refractivity contribution in [2.45, 2.75) is 39.8 Å². The Labute approximate surface area is 116 Å². The van der Waals surface area contributed by atoms with Crippen LogP contribution >= 0.6 is 0 Å². The van der Waals surface area contributed by atoms with Gasteiger partial charge < -0.3 is 10.5 Å². The first-order valence-corrected chi connectivity index (χ1v) is 7.17. The highest BCUT2D eigenvalue weighted by molar-refractivity contribution is 5.48. The molecule has 0 bridgehead atoms. The molecule has 1 aromatic rings. The van der Waals surface area contributed by atoms with E-state index in [-0.39, 0.29) is 0 Å². The number of anilines is 1. The number of hydrogen-bond acceptors (Lipinski definition) is 3. The maximum absolute atomic E-state index is 5.81. The number of nitrogen functional groups attached to an aromatic ring is 1. The Hall–Kier alpha value is -1.22. The first-order valence-electron chi connectivity index (χ1n) is 7.17. The molecule has 0 saturated carbocycles. The summed E-state index contributed by atoms with van der Waals surface area (Å²) in [6.07, 6.45) is 1.33. The van der Waals surface area contributed by atoms with Crippen molar-refractivity contribution in [1.29, 1.82) is 0 Å². The zero-order valence-corrected chi connectivity index (χ0v) is 12.5. The van der Waals surface area contributed by atoms with E-state index in [2.05, 4.69) is 31.7 Å². The molecule has 1 aliphatic heterocycles. The van der Waals surface area contributed by atoms with Crippen molar-refractivity contribution in [2.75, 3.05) is 19.4 Å². The van der Waals surface area contributed by atoms with E-state index in [0.29, 0.717) is 6.04 Å². The predicted molar refractivity (Wildman–Crippen MR) is 80.2 cm³/mol. The van der Waals surface area contributed by atoms with Crippen molar-refractivity contribution in [3.63, 3.8) is 0 Å². The minimum atomic E-state index is 0.624. The van der Waals surface area contributed by atoms with E-state index >= 15 is 0 Å². The van der Waals surface area contributed by atoms with E-state index in [0.717, 1.165) is 29.8 Å². The molecular formula is C16H26N2O. The molecule has 2 rings (SSSR count). The van der Waals surface area contributed by atoms with E-state index in [1.54, 1.807) is 7.11 Å². The molecule has 0 spiro atoms. The predicted octanol–water partition coefficient (Wildman–Crippen LogP) is 3.14. The average Bonchev–Trinajstić information content (AvgIpc) is 2.37. The van der Waals surface area contributed by atoms with E-state index in [9.17, 15) is 0 Å². The molecular weight excluding hydrogens is 236 g/mol. The van der Waals surface area contributed by atoms with E-state index in [4.69, 9.17) is 10.5 Å². The Morgan fingerprint density at radius 3 is 2.74 bits per heavy atom. The molecule has 3 unspecified atom stereocenters. The Bertz CT molecular complexity index is 433. The first-order chi connectivity index (χ1) is 9.01. The monoisotopic (exact) mass is 262 g/mol. The standard InChI is InChI=1S/C16H26N2O/c1-11-7-12(2)13(3)18(9-11)10-14-5-6-15(17)8-16(14)19-4/h5-6,8,11-13H,7,9-10,17H2,1-4H3. The van der Waals surface area contributed by atoms with Gasteiger partial charge in [0.15, 0.2) is 0 Å². The maximum Gasteiger partial charge on any atom is 0.125 e. The third-order valence-electron chi connectivity index (χ3n) is 4.40. The lowest BCUT2D eigenvalue weighted by atomic mass is 9.86. The lowest BCUT2D eigenvalue weighted by Gasteiger charge is -2.41. The number of piperidine rings is 1. The van der Waals surface area contributed by atoms with Gasteiger partial charge in [-0.2, -0.15) is 0 Å². The molecule has 106 valence electrons. The molecule has 1 heterocycles. The fourth-order valence-electron chi connectivity index (χ4n) is 3.15. The summed E-state index contributed by atoms with van der Waals surface area (Å²) in [6, 6.07) is 6.58.